The molecule has 7 heteroatoms. The molecule has 0 unspecified atom stereocenters. The van der Waals surface area contributed by atoms with E-state index < -0.39 is 10.0 Å². The molecule has 5 nitrogen and oxygen atoms in total. The van der Waals surface area contributed by atoms with Crippen molar-refractivity contribution in [1.29, 1.82) is 0 Å². The van der Waals surface area contributed by atoms with Gasteiger partial charge in [-0.1, -0.05) is 24.3 Å². The zero-order valence-corrected chi connectivity index (χ0v) is 14.5. The summed E-state index contributed by atoms with van der Waals surface area (Å²) in [4.78, 5) is 1.39. The van der Waals surface area contributed by atoms with Crippen molar-refractivity contribution in [3.8, 4) is 5.75 Å². The van der Waals surface area contributed by atoms with E-state index in [2.05, 4.69) is 0 Å². The van der Waals surface area contributed by atoms with Gasteiger partial charge < -0.3 is 9.64 Å². The SMILES string of the molecule is O=S(=O)(c1cccs1)N1CC[NH+](CCOc2ccccc2)CC1. The predicted octanol–water partition coefficient (Wildman–Crippen LogP) is 0.716. The highest BCUT2D eigenvalue weighted by atomic mass is 32.2. The Labute approximate surface area is 141 Å². The maximum Gasteiger partial charge on any atom is 0.252 e. The van der Waals surface area contributed by atoms with E-state index >= 15 is 0 Å². The van der Waals surface area contributed by atoms with Gasteiger partial charge in [-0.15, -0.1) is 11.3 Å². The second-order valence-corrected chi connectivity index (χ2v) is 8.61. The highest BCUT2D eigenvalue weighted by molar-refractivity contribution is 7.91. The molecule has 0 spiro atoms. The van der Waals surface area contributed by atoms with Gasteiger partial charge >= 0.3 is 0 Å². The highest BCUT2D eigenvalue weighted by Crippen LogP contribution is 2.20. The normalized spacial score (nSPS) is 17.2. The number of nitrogens with zero attached hydrogens (tertiary/aromatic N) is 1. The summed E-state index contributed by atoms with van der Waals surface area (Å²) in [5, 5.41) is 1.80. The van der Waals surface area contributed by atoms with E-state index in [4.69, 9.17) is 4.74 Å². The van der Waals surface area contributed by atoms with Gasteiger partial charge in [-0.05, 0) is 23.6 Å². The van der Waals surface area contributed by atoms with Gasteiger partial charge in [0.2, 0.25) is 0 Å². The van der Waals surface area contributed by atoms with Gasteiger partial charge in [-0.25, -0.2) is 8.42 Å². The molecule has 0 aliphatic carbocycles. The van der Waals surface area contributed by atoms with Crippen molar-refractivity contribution < 1.29 is 18.1 Å². The van der Waals surface area contributed by atoms with Gasteiger partial charge in [0, 0.05) is 0 Å². The van der Waals surface area contributed by atoms with Crippen LogP contribution in [0.1, 0.15) is 0 Å². The number of nitrogens with one attached hydrogen (secondary N) is 1. The van der Waals surface area contributed by atoms with Crippen LogP contribution in [-0.2, 0) is 10.0 Å². The number of hydrogen-bond donors (Lipinski definition) is 1. The number of hydrogen-bond acceptors (Lipinski definition) is 4. The predicted molar refractivity (Wildman–Crippen MR) is 90.6 cm³/mol. The van der Waals surface area contributed by atoms with Crippen molar-refractivity contribution in [2.45, 2.75) is 4.21 Å². The van der Waals surface area contributed by atoms with Crippen molar-refractivity contribution in [3.05, 3.63) is 47.8 Å². The Morgan fingerprint density at radius 3 is 2.48 bits per heavy atom. The molecule has 23 heavy (non-hydrogen) atoms. The summed E-state index contributed by atoms with van der Waals surface area (Å²) in [6.07, 6.45) is 0. The summed E-state index contributed by atoms with van der Waals surface area (Å²) in [6, 6.07) is 13.2. The first-order chi connectivity index (χ1) is 11.2. The summed E-state index contributed by atoms with van der Waals surface area (Å²) in [5.41, 5.74) is 0. The van der Waals surface area contributed by atoms with Crippen LogP contribution in [0.2, 0.25) is 0 Å². The van der Waals surface area contributed by atoms with Gasteiger partial charge in [0.05, 0.1) is 26.2 Å². The molecule has 0 atom stereocenters. The van der Waals surface area contributed by atoms with E-state index in [9.17, 15) is 8.42 Å². The summed E-state index contributed by atoms with van der Waals surface area (Å²) >= 11 is 1.28. The average Bonchev–Trinajstić information content (AvgIpc) is 3.12. The number of ether oxygens (including phenoxy) is 1. The fraction of sp³-hybridized carbons (Fsp3) is 0.375. The summed E-state index contributed by atoms with van der Waals surface area (Å²) in [7, 11) is -3.30. The first kappa shape index (κ1) is 16.4. The van der Waals surface area contributed by atoms with Crippen LogP contribution in [0, 0.1) is 0 Å². The molecule has 1 aliphatic rings. The van der Waals surface area contributed by atoms with Crippen LogP contribution in [-0.4, -0.2) is 52.1 Å². The number of quaternary nitrogens is 1. The fourth-order valence-electron chi connectivity index (χ4n) is 2.66. The van der Waals surface area contributed by atoms with Crippen molar-refractivity contribution in [1.82, 2.24) is 4.31 Å². The Hall–Kier alpha value is -1.41. The van der Waals surface area contributed by atoms with Crippen molar-refractivity contribution >= 4 is 21.4 Å². The van der Waals surface area contributed by atoms with Crippen LogP contribution in [0.15, 0.2) is 52.1 Å². The maximum atomic E-state index is 12.5. The zero-order valence-electron chi connectivity index (χ0n) is 12.8. The third kappa shape index (κ3) is 4.11. The number of benzene rings is 1. The molecule has 1 fully saturated rings. The van der Waals surface area contributed by atoms with Gasteiger partial charge in [0.25, 0.3) is 10.0 Å². The number of piperazine rings is 1. The Kier molecular flexibility index (Phi) is 5.32. The van der Waals surface area contributed by atoms with Crippen LogP contribution < -0.4 is 9.64 Å². The van der Waals surface area contributed by atoms with E-state index in [1.54, 1.807) is 21.8 Å². The molecule has 0 radical (unpaired) electrons. The molecule has 1 aromatic carbocycles. The Balaban J connectivity index is 1.45. The molecule has 1 aliphatic heterocycles. The summed E-state index contributed by atoms with van der Waals surface area (Å²) < 4.78 is 32.7. The molecule has 1 aromatic heterocycles. The lowest BCUT2D eigenvalue weighted by Gasteiger charge is -2.31. The standard InChI is InChI=1S/C16H20N2O3S2/c19-23(20,16-7-4-14-22-16)18-10-8-17(9-11-18)12-13-21-15-5-2-1-3-6-15/h1-7,14H,8-13H2/p+1. The molecule has 1 N–H and O–H groups in total. The van der Waals surface area contributed by atoms with E-state index in [-0.39, 0.29) is 0 Å². The molecule has 3 rings (SSSR count). The van der Waals surface area contributed by atoms with Crippen LogP contribution >= 0.6 is 11.3 Å². The van der Waals surface area contributed by atoms with E-state index in [0.717, 1.165) is 25.4 Å². The Morgan fingerprint density at radius 2 is 1.83 bits per heavy atom. The van der Waals surface area contributed by atoms with Crippen molar-refractivity contribution in [2.24, 2.45) is 0 Å². The minimum absolute atomic E-state index is 0.438. The second kappa shape index (κ2) is 7.44. The van der Waals surface area contributed by atoms with Gasteiger partial charge in [-0.2, -0.15) is 4.31 Å². The lowest BCUT2D eigenvalue weighted by atomic mass is 10.3. The van der Waals surface area contributed by atoms with Gasteiger partial charge in [-0.3, -0.25) is 0 Å². The minimum atomic E-state index is -3.30. The van der Waals surface area contributed by atoms with Crippen molar-refractivity contribution in [3.63, 3.8) is 0 Å². The number of thiophene rings is 1. The first-order valence-corrected chi connectivity index (χ1v) is 10.0. The maximum absolute atomic E-state index is 12.5. The van der Waals surface area contributed by atoms with E-state index in [0.29, 0.717) is 23.9 Å². The van der Waals surface area contributed by atoms with Crippen LogP contribution in [0.3, 0.4) is 0 Å². The van der Waals surface area contributed by atoms with Crippen LogP contribution in [0.5, 0.6) is 5.75 Å². The Bertz CT molecular complexity index is 694. The first-order valence-electron chi connectivity index (χ1n) is 7.71. The third-order valence-corrected chi connectivity index (χ3v) is 7.26. The summed E-state index contributed by atoms with van der Waals surface area (Å²) in [5.74, 6) is 0.880. The van der Waals surface area contributed by atoms with Crippen LogP contribution in [0.25, 0.3) is 0 Å². The van der Waals surface area contributed by atoms with Crippen LogP contribution in [0.4, 0.5) is 0 Å². The molecule has 1 saturated heterocycles. The largest absolute Gasteiger partial charge is 0.488 e. The van der Waals surface area contributed by atoms with E-state index in [1.165, 1.54) is 16.2 Å². The number of rotatable bonds is 6. The molecule has 0 saturated carbocycles. The highest BCUT2D eigenvalue weighted by Gasteiger charge is 2.30. The average molecular weight is 353 g/mol. The Morgan fingerprint density at radius 1 is 1.09 bits per heavy atom. The molecule has 124 valence electrons. The number of para-hydroxylation sites is 1. The summed E-state index contributed by atoms with van der Waals surface area (Å²) in [6.45, 7) is 4.33. The fourth-order valence-corrected chi connectivity index (χ4v) is 5.25. The molecular formula is C16H21N2O3S2+. The monoisotopic (exact) mass is 353 g/mol. The lowest BCUT2D eigenvalue weighted by molar-refractivity contribution is -0.903. The van der Waals surface area contributed by atoms with E-state index in [1.807, 2.05) is 30.3 Å². The molecule has 0 amide bonds. The zero-order chi connectivity index (χ0) is 16.1. The smallest absolute Gasteiger partial charge is 0.252 e. The van der Waals surface area contributed by atoms with Crippen molar-refractivity contribution in [2.75, 3.05) is 39.3 Å². The van der Waals surface area contributed by atoms with Gasteiger partial charge in [0.15, 0.2) is 0 Å². The van der Waals surface area contributed by atoms with Gasteiger partial charge in [0.1, 0.15) is 23.1 Å². The topological polar surface area (TPSA) is 51.0 Å². The molecular weight excluding hydrogens is 332 g/mol. The minimum Gasteiger partial charge on any atom is -0.488 e. The number of sulfonamides is 1. The second-order valence-electron chi connectivity index (χ2n) is 5.50. The third-order valence-electron chi connectivity index (χ3n) is 3.99. The lowest BCUT2D eigenvalue weighted by Crippen LogP contribution is -3.15. The quantitative estimate of drug-likeness (QED) is 0.832. The molecule has 0 bridgehead atoms. The molecule has 2 aromatic rings. The molecule has 2 heterocycles.